The summed E-state index contributed by atoms with van der Waals surface area (Å²) in [5.41, 5.74) is 6.22. The van der Waals surface area contributed by atoms with E-state index in [0.29, 0.717) is 28.6 Å². The fraction of sp³-hybridized carbons (Fsp3) is 0.294. The van der Waals surface area contributed by atoms with E-state index in [1.54, 1.807) is 18.2 Å². The van der Waals surface area contributed by atoms with Crippen molar-refractivity contribution in [3.63, 3.8) is 0 Å². The van der Waals surface area contributed by atoms with Crippen LogP contribution in [0.3, 0.4) is 0 Å². The number of aliphatic hydroxyl groups is 1. The highest BCUT2D eigenvalue weighted by molar-refractivity contribution is 7.16. The summed E-state index contributed by atoms with van der Waals surface area (Å²) in [7, 11) is 0. The van der Waals surface area contributed by atoms with Gasteiger partial charge >= 0.3 is 6.03 Å². The van der Waals surface area contributed by atoms with Crippen LogP contribution in [0, 0.1) is 6.92 Å². The van der Waals surface area contributed by atoms with Crippen molar-refractivity contribution in [2.45, 2.75) is 31.8 Å². The molecule has 0 radical (unpaired) electrons. The third kappa shape index (κ3) is 3.63. The number of amides is 3. The van der Waals surface area contributed by atoms with Gasteiger partial charge in [-0.2, -0.15) is 0 Å². The first kappa shape index (κ1) is 17.7. The third-order valence-electron chi connectivity index (χ3n) is 4.37. The summed E-state index contributed by atoms with van der Waals surface area (Å²) in [6, 6.07) is 6.78. The first-order valence-electron chi connectivity index (χ1n) is 7.75. The van der Waals surface area contributed by atoms with Crippen LogP contribution in [0.4, 0.5) is 15.5 Å². The molecule has 1 heterocycles. The van der Waals surface area contributed by atoms with E-state index in [4.69, 9.17) is 17.3 Å². The van der Waals surface area contributed by atoms with Gasteiger partial charge in [0.25, 0.3) is 0 Å². The second-order valence-electron chi connectivity index (χ2n) is 6.12. The molecule has 0 saturated heterocycles. The average Bonchev–Trinajstić information content (AvgIpc) is 2.92. The van der Waals surface area contributed by atoms with E-state index in [0.717, 1.165) is 16.0 Å². The van der Waals surface area contributed by atoms with Gasteiger partial charge in [0.15, 0.2) is 0 Å². The molecule has 0 spiro atoms. The van der Waals surface area contributed by atoms with Crippen molar-refractivity contribution < 1.29 is 14.7 Å². The quantitative estimate of drug-likeness (QED) is 0.658. The monoisotopic (exact) mass is 379 g/mol. The van der Waals surface area contributed by atoms with Crippen molar-refractivity contribution in [1.29, 1.82) is 0 Å². The standard InChI is InChI=1S/C17H18ClN3O3S/c1-9-11(18)3-2-4-12(9)20-16(23)21-14-7-10-5-6-17(24,15(19)22)8-13(10)25-14/h2-4,7,24H,5-6,8H2,1H3,(H2,19,22)(H2,20,21,23). The molecule has 1 aliphatic carbocycles. The highest BCUT2D eigenvalue weighted by Gasteiger charge is 2.38. The molecule has 132 valence electrons. The fourth-order valence-corrected chi connectivity index (χ4v) is 4.19. The molecule has 1 aliphatic rings. The zero-order valence-electron chi connectivity index (χ0n) is 13.6. The van der Waals surface area contributed by atoms with Gasteiger partial charge in [-0.05, 0) is 49.1 Å². The number of primary amides is 1. The SMILES string of the molecule is Cc1c(Cl)cccc1NC(=O)Nc1cc2c(s1)CC(O)(C(N)=O)CC2. The number of urea groups is 1. The Morgan fingerprint density at radius 1 is 1.36 bits per heavy atom. The highest BCUT2D eigenvalue weighted by Crippen LogP contribution is 2.37. The maximum atomic E-state index is 12.2. The molecule has 0 fully saturated rings. The van der Waals surface area contributed by atoms with Crippen LogP contribution >= 0.6 is 22.9 Å². The van der Waals surface area contributed by atoms with Gasteiger partial charge in [-0.1, -0.05) is 17.7 Å². The number of rotatable bonds is 3. The largest absolute Gasteiger partial charge is 0.380 e. The zero-order valence-corrected chi connectivity index (χ0v) is 15.1. The number of nitrogens with one attached hydrogen (secondary N) is 2. The first-order valence-corrected chi connectivity index (χ1v) is 8.95. The smallest absolute Gasteiger partial charge is 0.324 e. The Kier molecular flexibility index (Phi) is 4.73. The summed E-state index contributed by atoms with van der Waals surface area (Å²) in [5, 5.41) is 17.0. The maximum Gasteiger partial charge on any atom is 0.324 e. The van der Waals surface area contributed by atoms with E-state index in [2.05, 4.69) is 10.6 Å². The van der Waals surface area contributed by atoms with E-state index in [-0.39, 0.29) is 12.5 Å². The van der Waals surface area contributed by atoms with Crippen molar-refractivity contribution in [3.8, 4) is 0 Å². The van der Waals surface area contributed by atoms with E-state index in [9.17, 15) is 14.7 Å². The number of anilines is 2. The predicted molar refractivity (Wildman–Crippen MR) is 99.3 cm³/mol. The van der Waals surface area contributed by atoms with Crippen LogP contribution in [-0.4, -0.2) is 22.6 Å². The number of halogens is 1. The van der Waals surface area contributed by atoms with E-state index >= 15 is 0 Å². The van der Waals surface area contributed by atoms with Crippen LogP contribution in [0.5, 0.6) is 0 Å². The van der Waals surface area contributed by atoms with Crippen LogP contribution in [-0.2, 0) is 17.6 Å². The molecule has 0 saturated carbocycles. The number of fused-ring (bicyclic) bond motifs is 1. The number of carbonyl (C=O) groups excluding carboxylic acids is 2. The molecule has 0 bridgehead atoms. The summed E-state index contributed by atoms with van der Waals surface area (Å²) < 4.78 is 0. The van der Waals surface area contributed by atoms with Gasteiger partial charge in [-0.25, -0.2) is 4.79 Å². The fourth-order valence-electron chi connectivity index (χ4n) is 2.80. The lowest BCUT2D eigenvalue weighted by Gasteiger charge is -2.28. The molecule has 3 rings (SSSR count). The number of thiophene rings is 1. The number of hydrogen-bond donors (Lipinski definition) is 4. The van der Waals surface area contributed by atoms with Crippen molar-refractivity contribution in [3.05, 3.63) is 45.3 Å². The van der Waals surface area contributed by atoms with Gasteiger partial charge in [0.05, 0.1) is 5.00 Å². The number of benzene rings is 1. The lowest BCUT2D eigenvalue weighted by molar-refractivity contribution is -0.137. The van der Waals surface area contributed by atoms with Crippen molar-refractivity contribution >= 4 is 45.6 Å². The van der Waals surface area contributed by atoms with Gasteiger partial charge in [0.1, 0.15) is 5.60 Å². The number of aryl methyl sites for hydroxylation is 1. The minimum absolute atomic E-state index is 0.180. The molecule has 1 aromatic carbocycles. The molecule has 1 atom stereocenters. The molecule has 2 aromatic rings. The first-order chi connectivity index (χ1) is 11.8. The predicted octanol–water partition coefficient (Wildman–Crippen LogP) is 3.06. The van der Waals surface area contributed by atoms with Crippen LogP contribution in [0.2, 0.25) is 5.02 Å². The summed E-state index contributed by atoms with van der Waals surface area (Å²) in [6.45, 7) is 1.83. The number of hydrogen-bond acceptors (Lipinski definition) is 4. The number of nitrogens with two attached hydrogens (primary N) is 1. The second-order valence-corrected chi connectivity index (χ2v) is 7.67. The van der Waals surface area contributed by atoms with Crippen molar-refractivity contribution in [2.75, 3.05) is 10.6 Å². The minimum Gasteiger partial charge on any atom is -0.380 e. The van der Waals surface area contributed by atoms with Crippen LogP contribution < -0.4 is 16.4 Å². The van der Waals surface area contributed by atoms with E-state index in [1.165, 1.54) is 11.3 Å². The van der Waals surface area contributed by atoms with Gasteiger partial charge in [-0.15, -0.1) is 11.3 Å². The Hall–Kier alpha value is -2.09. The molecule has 3 amide bonds. The molecule has 5 N–H and O–H groups in total. The van der Waals surface area contributed by atoms with Gasteiger partial charge in [-0.3, -0.25) is 10.1 Å². The normalized spacial score (nSPS) is 19.2. The molecule has 8 heteroatoms. The Balaban J connectivity index is 1.70. The Labute approximate surface area is 154 Å². The van der Waals surface area contributed by atoms with Gasteiger partial charge in [0, 0.05) is 22.0 Å². The van der Waals surface area contributed by atoms with Crippen molar-refractivity contribution in [1.82, 2.24) is 0 Å². The Morgan fingerprint density at radius 2 is 2.12 bits per heavy atom. The molecular weight excluding hydrogens is 362 g/mol. The Bertz CT molecular complexity index is 852. The molecular formula is C17H18ClN3O3S. The minimum atomic E-state index is -1.50. The van der Waals surface area contributed by atoms with E-state index in [1.807, 2.05) is 13.0 Å². The van der Waals surface area contributed by atoms with Gasteiger partial charge in [0.2, 0.25) is 5.91 Å². The summed E-state index contributed by atoms with van der Waals surface area (Å²) >= 11 is 7.38. The second kappa shape index (κ2) is 6.67. The van der Waals surface area contributed by atoms with Crippen LogP contribution in [0.15, 0.2) is 24.3 Å². The highest BCUT2D eigenvalue weighted by atomic mass is 35.5. The Morgan fingerprint density at radius 3 is 2.84 bits per heavy atom. The zero-order chi connectivity index (χ0) is 18.2. The molecule has 1 unspecified atom stereocenters. The lowest BCUT2D eigenvalue weighted by Crippen LogP contribution is -2.47. The molecule has 25 heavy (non-hydrogen) atoms. The summed E-state index contributed by atoms with van der Waals surface area (Å²) in [4.78, 5) is 24.5. The van der Waals surface area contributed by atoms with Gasteiger partial charge < -0.3 is 16.2 Å². The summed E-state index contributed by atoms with van der Waals surface area (Å²) in [5.74, 6) is -0.713. The molecule has 6 nitrogen and oxygen atoms in total. The molecule has 1 aromatic heterocycles. The topological polar surface area (TPSA) is 104 Å². The lowest BCUT2D eigenvalue weighted by atomic mass is 9.84. The van der Waals surface area contributed by atoms with E-state index < -0.39 is 11.5 Å². The van der Waals surface area contributed by atoms with Crippen molar-refractivity contribution in [2.24, 2.45) is 5.73 Å². The third-order valence-corrected chi connectivity index (χ3v) is 5.87. The average molecular weight is 380 g/mol. The summed E-state index contributed by atoms with van der Waals surface area (Å²) in [6.07, 6.45) is 1.01. The maximum absolute atomic E-state index is 12.2. The molecule has 0 aliphatic heterocycles. The van der Waals surface area contributed by atoms with Crippen LogP contribution in [0.1, 0.15) is 22.4 Å². The number of carbonyl (C=O) groups is 2. The van der Waals surface area contributed by atoms with Crippen LogP contribution in [0.25, 0.3) is 0 Å².